The number of carbonyl (C=O) groups excluding carboxylic acids is 1. The van der Waals surface area contributed by atoms with E-state index in [9.17, 15) is 4.79 Å². The van der Waals surface area contributed by atoms with Crippen molar-refractivity contribution < 1.29 is 4.79 Å². The van der Waals surface area contributed by atoms with Crippen LogP contribution in [-0.2, 0) is 6.54 Å². The average Bonchev–Trinajstić information content (AvgIpc) is 2.21. The second-order valence-electron chi connectivity index (χ2n) is 3.60. The molecule has 1 aromatic carbocycles. The Hall–Kier alpha value is -0.970. The van der Waals surface area contributed by atoms with Gasteiger partial charge in [-0.3, -0.25) is 0 Å². The maximum Gasteiger partial charge on any atom is 0.312 e. The minimum Gasteiger partial charge on any atom is -0.352 e. The zero-order valence-corrected chi connectivity index (χ0v) is 10.8. The highest BCUT2D eigenvalue weighted by Gasteiger charge is 1.98. The number of halogens is 2. The Morgan fingerprint density at radius 2 is 1.82 bits per heavy atom. The van der Waals surface area contributed by atoms with Gasteiger partial charge >= 0.3 is 6.03 Å². The fourth-order valence-electron chi connectivity index (χ4n) is 1.37. The Kier molecular flexibility index (Phi) is 6.11. The van der Waals surface area contributed by atoms with E-state index in [1.54, 1.807) is 6.07 Å². The molecule has 0 unspecified atom stereocenters. The molecule has 1 aromatic rings. The van der Waals surface area contributed by atoms with Crippen molar-refractivity contribution in [1.29, 1.82) is 0 Å². The number of hydrogen-bond acceptors (Lipinski definition) is 2. The lowest BCUT2D eigenvalue weighted by atomic mass is 10.2. The van der Waals surface area contributed by atoms with Crippen LogP contribution in [0.25, 0.3) is 0 Å². The van der Waals surface area contributed by atoms with Crippen LogP contribution in [0.3, 0.4) is 0 Å². The van der Waals surface area contributed by atoms with Crippen LogP contribution in [0.2, 0.25) is 10.0 Å². The predicted molar refractivity (Wildman–Crippen MR) is 70.4 cm³/mol. The van der Waals surface area contributed by atoms with E-state index < -0.39 is 6.03 Å². The molecule has 0 aliphatic heterocycles. The first-order chi connectivity index (χ1) is 8.08. The summed E-state index contributed by atoms with van der Waals surface area (Å²) in [6.07, 6.45) is 0.817. The lowest BCUT2D eigenvalue weighted by molar-refractivity contribution is 0.249. The van der Waals surface area contributed by atoms with Crippen LogP contribution in [0.15, 0.2) is 18.2 Å². The van der Waals surface area contributed by atoms with Crippen molar-refractivity contribution in [3.05, 3.63) is 33.8 Å². The molecule has 0 aliphatic rings. The lowest BCUT2D eigenvalue weighted by Gasteiger charge is -2.06. The van der Waals surface area contributed by atoms with Crippen molar-refractivity contribution in [2.75, 3.05) is 13.1 Å². The number of nitrogens with one attached hydrogen (secondary N) is 2. The van der Waals surface area contributed by atoms with Gasteiger partial charge in [-0.05, 0) is 36.7 Å². The van der Waals surface area contributed by atoms with E-state index in [0.29, 0.717) is 23.1 Å². The van der Waals surface area contributed by atoms with Gasteiger partial charge in [0.05, 0.1) is 0 Å². The first-order valence-electron chi connectivity index (χ1n) is 5.27. The van der Waals surface area contributed by atoms with Crippen molar-refractivity contribution in [2.24, 2.45) is 5.73 Å². The Labute approximate surface area is 110 Å². The maximum absolute atomic E-state index is 10.4. The first kappa shape index (κ1) is 14.1. The molecule has 0 bridgehead atoms. The van der Waals surface area contributed by atoms with E-state index in [2.05, 4.69) is 10.6 Å². The van der Waals surface area contributed by atoms with Gasteiger partial charge in [0.1, 0.15) is 0 Å². The van der Waals surface area contributed by atoms with Gasteiger partial charge < -0.3 is 16.4 Å². The minimum absolute atomic E-state index is 0.494. The monoisotopic (exact) mass is 275 g/mol. The molecule has 0 radical (unpaired) electrons. The first-order valence-corrected chi connectivity index (χ1v) is 6.02. The van der Waals surface area contributed by atoms with E-state index in [1.807, 2.05) is 12.1 Å². The Bertz CT molecular complexity index is 365. The molecule has 0 heterocycles. The Balaban J connectivity index is 2.20. The number of rotatable bonds is 6. The third kappa shape index (κ3) is 6.36. The van der Waals surface area contributed by atoms with Gasteiger partial charge in [-0.25, -0.2) is 4.79 Å². The van der Waals surface area contributed by atoms with Crippen LogP contribution in [0.5, 0.6) is 0 Å². The van der Waals surface area contributed by atoms with Gasteiger partial charge in [-0.1, -0.05) is 23.2 Å². The van der Waals surface area contributed by atoms with Crippen LogP contribution in [0, 0.1) is 0 Å². The predicted octanol–water partition coefficient (Wildman–Crippen LogP) is 2.14. The molecule has 17 heavy (non-hydrogen) atoms. The normalized spacial score (nSPS) is 10.2. The minimum atomic E-state index is -0.494. The molecule has 0 aliphatic carbocycles. The van der Waals surface area contributed by atoms with Crippen molar-refractivity contribution >= 4 is 29.2 Å². The molecular formula is C11H15Cl2N3O. The van der Waals surface area contributed by atoms with Gasteiger partial charge in [-0.15, -0.1) is 0 Å². The number of hydrogen-bond donors (Lipinski definition) is 3. The average molecular weight is 276 g/mol. The second kappa shape index (κ2) is 7.37. The molecule has 0 saturated heterocycles. The molecule has 0 aromatic heterocycles. The van der Waals surface area contributed by atoms with Gasteiger partial charge in [0.15, 0.2) is 0 Å². The van der Waals surface area contributed by atoms with Gasteiger partial charge in [-0.2, -0.15) is 0 Å². The molecule has 0 spiro atoms. The third-order valence-electron chi connectivity index (χ3n) is 2.08. The van der Waals surface area contributed by atoms with Crippen LogP contribution < -0.4 is 16.4 Å². The van der Waals surface area contributed by atoms with Crippen molar-refractivity contribution in [2.45, 2.75) is 13.0 Å². The van der Waals surface area contributed by atoms with Crippen LogP contribution in [0.4, 0.5) is 4.79 Å². The zero-order valence-electron chi connectivity index (χ0n) is 9.30. The third-order valence-corrected chi connectivity index (χ3v) is 2.52. The quantitative estimate of drug-likeness (QED) is 0.697. The molecule has 94 valence electrons. The Morgan fingerprint density at radius 3 is 2.41 bits per heavy atom. The number of benzene rings is 1. The van der Waals surface area contributed by atoms with E-state index in [-0.39, 0.29) is 0 Å². The standard InChI is InChI=1S/C11H15Cl2N3O/c12-9-4-8(5-10(13)6-9)7-15-2-1-3-16-11(14)17/h4-6,15H,1-3,7H2,(H3,14,16,17). The van der Waals surface area contributed by atoms with Crippen molar-refractivity contribution in [1.82, 2.24) is 10.6 Å². The highest BCUT2D eigenvalue weighted by molar-refractivity contribution is 6.34. The summed E-state index contributed by atoms with van der Waals surface area (Å²) in [4.78, 5) is 10.4. The van der Waals surface area contributed by atoms with Crippen LogP contribution >= 0.6 is 23.2 Å². The topological polar surface area (TPSA) is 67.2 Å². The fourth-order valence-corrected chi connectivity index (χ4v) is 1.94. The second-order valence-corrected chi connectivity index (χ2v) is 4.47. The molecule has 4 nitrogen and oxygen atoms in total. The molecule has 0 fully saturated rings. The maximum atomic E-state index is 10.4. The molecule has 6 heteroatoms. The smallest absolute Gasteiger partial charge is 0.312 e. The summed E-state index contributed by atoms with van der Waals surface area (Å²) in [6, 6.07) is 4.93. The summed E-state index contributed by atoms with van der Waals surface area (Å²) >= 11 is 11.7. The highest BCUT2D eigenvalue weighted by atomic mass is 35.5. The summed E-state index contributed by atoms with van der Waals surface area (Å²) in [5, 5.41) is 7.00. The summed E-state index contributed by atoms with van der Waals surface area (Å²) < 4.78 is 0. The van der Waals surface area contributed by atoms with E-state index in [4.69, 9.17) is 28.9 Å². The fraction of sp³-hybridized carbons (Fsp3) is 0.364. The molecule has 4 N–H and O–H groups in total. The van der Waals surface area contributed by atoms with Crippen molar-refractivity contribution in [3.63, 3.8) is 0 Å². The van der Waals surface area contributed by atoms with E-state index >= 15 is 0 Å². The van der Waals surface area contributed by atoms with E-state index in [1.165, 1.54) is 0 Å². The summed E-state index contributed by atoms with van der Waals surface area (Å²) in [6.45, 7) is 2.04. The van der Waals surface area contributed by atoms with Crippen LogP contribution in [0.1, 0.15) is 12.0 Å². The number of nitrogens with two attached hydrogens (primary N) is 1. The zero-order chi connectivity index (χ0) is 12.7. The summed E-state index contributed by atoms with van der Waals surface area (Å²) in [5.41, 5.74) is 5.96. The van der Waals surface area contributed by atoms with Gasteiger partial charge in [0.2, 0.25) is 0 Å². The summed E-state index contributed by atoms with van der Waals surface area (Å²) in [5.74, 6) is 0. The van der Waals surface area contributed by atoms with Crippen LogP contribution in [-0.4, -0.2) is 19.1 Å². The number of amides is 2. The molecule has 0 atom stereocenters. The number of urea groups is 1. The SMILES string of the molecule is NC(=O)NCCCNCc1cc(Cl)cc(Cl)c1. The van der Waals surface area contributed by atoms with Gasteiger partial charge in [0.25, 0.3) is 0 Å². The molecular weight excluding hydrogens is 261 g/mol. The molecule has 1 rings (SSSR count). The molecule has 0 saturated carbocycles. The highest BCUT2D eigenvalue weighted by Crippen LogP contribution is 2.18. The largest absolute Gasteiger partial charge is 0.352 e. The number of carbonyl (C=O) groups is 1. The van der Waals surface area contributed by atoms with E-state index in [0.717, 1.165) is 18.5 Å². The lowest BCUT2D eigenvalue weighted by Crippen LogP contribution is -2.31. The Morgan fingerprint density at radius 1 is 1.18 bits per heavy atom. The van der Waals surface area contributed by atoms with Gasteiger partial charge in [0, 0.05) is 23.1 Å². The summed E-state index contributed by atoms with van der Waals surface area (Å²) in [7, 11) is 0. The number of primary amides is 1. The van der Waals surface area contributed by atoms with Crippen molar-refractivity contribution in [3.8, 4) is 0 Å². The molecule has 2 amide bonds.